The minimum Gasteiger partial charge on any atom is -0.460 e. The van der Waals surface area contributed by atoms with Crippen molar-refractivity contribution in [1.82, 2.24) is 0 Å². The van der Waals surface area contributed by atoms with Gasteiger partial charge in [0.05, 0.1) is 6.42 Å². The van der Waals surface area contributed by atoms with Crippen molar-refractivity contribution in [3.8, 4) is 0 Å². The second-order valence-electron chi connectivity index (χ2n) is 6.08. The standard InChI is InChI=1S/C18H24O5/c1-5-9-15(12-16(19)23-18(2,3)4)22-17(20)21-13-14-10-7-6-8-11-14/h5-8,10-11,15H,1,9,12-13H2,2-4H3. The van der Waals surface area contributed by atoms with Gasteiger partial charge in [-0.15, -0.1) is 6.58 Å². The molecule has 0 fully saturated rings. The Kier molecular flexibility index (Phi) is 7.32. The van der Waals surface area contributed by atoms with E-state index in [1.54, 1.807) is 26.8 Å². The fourth-order valence-electron chi connectivity index (χ4n) is 1.81. The van der Waals surface area contributed by atoms with Gasteiger partial charge in [0, 0.05) is 6.42 Å². The normalized spacial score (nSPS) is 12.1. The molecule has 1 unspecified atom stereocenters. The maximum absolute atomic E-state index is 11.8. The van der Waals surface area contributed by atoms with E-state index in [0.717, 1.165) is 5.56 Å². The summed E-state index contributed by atoms with van der Waals surface area (Å²) in [4.78, 5) is 23.6. The molecular weight excluding hydrogens is 296 g/mol. The third-order valence-corrected chi connectivity index (χ3v) is 2.71. The molecule has 5 heteroatoms. The van der Waals surface area contributed by atoms with E-state index >= 15 is 0 Å². The molecule has 0 bridgehead atoms. The van der Waals surface area contributed by atoms with Crippen LogP contribution in [0.5, 0.6) is 0 Å². The van der Waals surface area contributed by atoms with Gasteiger partial charge in [0.2, 0.25) is 0 Å². The van der Waals surface area contributed by atoms with Crippen molar-refractivity contribution < 1.29 is 23.8 Å². The van der Waals surface area contributed by atoms with Crippen LogP contribution in [-0.4, -0.2) is 23.8 Å². The van der Waals surface area contributed by atoms with Gasteiger partial charge in [-0.05, 0) is 26.3 Å². The quantitative estimate of drug-likeness (QED) is 0.561. The molecule has 23 heavy (non-hydrogen) atoms. The van der Waals surface area contributed by atoms with Crippen LogP contribution in [0, 0.1) is 0 Å². The molecule has 1 rings (SSSR count). The highest BCUT2D eigenvalue weighted by atomic mass is 16.7. The van der Waals surface area contributed by atoms with E-state index in [1.807, 2.05) is 30.3 Å². The monoisotopic (exact) mass is 320 g/mol. The Morgan fingerprint density at radius 2 is 1.87 bits per heavy atom. The number of benzene rings is 1. The third kappa shape index (κ3) is 8.66. The predicted molar refractivity (Wildman–Crippen MR) is 86.8 cm³/mol. The first kappa shape index (κ1) is 18.7. The Morgan fingerprint density at radius 1 is 1.22 bits per heavy atom. The average molecular weight is 320 g/mol. The molecule has 0 spiro atoms. The first-order valence-corrected chi connectivity index (χ1v) is 7.50. The molecule has 0 aliphatic heterocycles. The van der Waals surface area contributed by atoms with Crippen LogP contribution >= 0.6 is 0 Å². The lowest BCUT2D eigenvalue weighted by Crippen LogP contribution is -2.28. The average Bonchev–Trinajstić information content (AvgIpc) is 2.44. The smallest absolute Gasteiger partial charge is 0.460 e. The summed E-state index contributed by atoms with van der Waals surface area (Å²) in [6, 6.07) is 9.27. The molecule has 1 aromatic rings. The molecule has 0 saturated heterocycles. The summed E-state index contributed by atoms with van der Waals surface area (Å²) in [6.07, 6.45) is 0.429. The predicted octanol–water partition coefficient (Wildman–Crippen LogP) is 4.02. The SMILES string of the molecule is C=CCC(CC(=O)OC(C)(C)C)OC(=O)OCc1ccccc1. The van der Waals surface area contributed by atoms with E-state index < -0.39 is 23.8 Å². The van der Waals surface area contributed by atoms with Gasteiger partial charge in [-0.25, -0.2) is 4.79 Å². The van der Waals surface area contributed by atoms with Crippen LogP contribution in [0.1, 0.15) is 39.2 Å². The molecular formula is C18H24O5. The molecule has 5 nitrogen and oxygen atoms in total. The number of hydrogen-bond acceptors (Lipinski definition) is 5. The maximum Gasteiger partial charge on any atom is 0.508 e. The van der Waals surface area contributed by atoms with Crippen LogP contribution in [0.3, 0.4) is 0 Å². The van der Waals surface area contributed by atoms with E-state index in [0.29, 0.717) is 6.42 Å². The van der Waals surface area contributed by atoms with Gasteiger partial charge >= 0.3 is 12.1 Å². The Labute approximate surface area is 137 Å². The van der Waals surface area contributed by atoms with E-state index in [9.17, 15) is 9.59 Å². The summed E-state index contributed by atoms with van der Waals surface area (Å²) in [5.41, 5.74) is 0.278. The highest BCUT2D eigenvalue weighted by Gasteiger charge is 2.23. The number of hydrogen-bond donors (Lipinski definition) is 0. The van der Waals surface area contributed by atoms with Gasteiger partial charge in [-0.1, -0.05) is 36.4 Å². The van der Waals surface area contributed by atoms with Gasteiger partial charge < -0.3 is 14.2 Å². The summed E-state index contributed by atoms with van der Waals surface area (Å²) in [7, 11) is 0. The van der Waals surface area contributed by atoms with Gasteiger partial charge in [-0.2, -0.15) is 0 Å². The second kappa shape index (κ2) is 8.98. The number of carbonyl (C=O) groups is 2. The summed E-state index contributed by atoms with van der Waals surface area (Å²) >= 11 is 0. The van der Waals surface area contributed by atoms with E-state index in [2.05, 4.69) is 6.58 Å². The largest absolute Gasteiger partial charge is 0.508 e. The van der Waals surface area contributed by atoms with Crippen molar-refractivity contribution in [1.29, 1.82) is 0 Å². The van der Waals surface area contributed by atoms with Crippen molar-refractivity contribution in [2.45, 2.75) is 51.9 Å². The molecule has 0 saturated carbocycles. The Balaban J connectivity index is 2.46. The molecule has 0 aromatic heterocycles. The Bertz CT molecular complexity index is 516. The van der Waals surface area contributed by atoms with Crippen LogP contribution in [0.15, 0.2) is 43.0 Å². The van der Waals surface area contributed by atoms with Crippen molar-refractivity contribution >= 4 is 12.1 Å². The van der Waals surface area contributed by atoms with Crippen molar-refractivity contribution in [2.75, 3.05) is 0 Å². The van der Waals surface area contributed by atoms with Crippen LogP contribution in [0.2, 0.25) is 0 Å². The lowest BCUT2D eigenvalue weighted by molar-refractivity contribution is -0.157. The van der Waals surface area contributed by atoms with E-state index in [1.165, 1.54) is 0 Å². The second-order valence-corrected chi connectivity index (χ2v) is 6.08. The van der Waals surface area contributed by atoms with Crippen molar-refractivity contribution in [3.05, 3.63) is 48.6 Å². The fraction of sp³-hybridized carbons (Fsp3) is 0.444. The Morgan fingerprint density at radius 3 is 2.43 bits per heavy atom. The number of rotatable bonds is 7. The third-order valence-electron chi connectivity index (χ3n) is 2.71. The number of carbonyl (C=O) groups excluding carboxylic acids is 2. The molecule has 0 radical (unpaired) electrons. The zero-order valence-electron chi connectivity index (χ0n) is 13.9. The number of ether oxygens (including phenoxy) is 3. The molecule has 0 aliphatic rings. The molecule has 0 N–H and O–H groups in total. The minimum absolute atomic E-state index is 0.0380. The summed E-state index contributed by atoms with van der Waals surface area (Å²) in [5.74, 6) is -0.430. The molecule has 126 valence electrons. The zero-order valence-corrected chi connectivity index (χ0v) is 13.9. The van der Waals surface area contributed by atoms with Gasteiger partial charge in [-0.3, -0.25) is 4.79 Å². The fourth-order valence-corrected chi connectivity index (χ4v) is 1.81. The maximum atomic E-state index is 11.8. The molecule has 0 heterocycles. The van der Waals surface area contributed by atoms with Gasteiger partial charge in [0.15, 0.2) is 0 Å². The number of esters is 1. The first-order chi connectivity index (χ1) is 10.8. The van der Waals surface area contributed by atoms with E-state index in [-0.39, 0.29) is 13.0 Å². The molecule has 0 aliphatic carbocycles. The van der Waals surface area contributed by atoms with E-state index in [4.69, 9.17) is 14.2 Å². The molecule has 0 amide bonds. The summed E-state index contributed by atoms with van der Waals surface area (Å²) in [6.45, 7) is 9.06. The van der Waals surface area contributed by atoms with Crippen molar-refractivity contribution in [2.24, 2.45) is 0 Å². The highest BCUT2D eigenvalue weighted by Crippen LogP contribution is 2.13. The Hall–Kier alpha value is -2.30. The lowest BCUT2D eigenvalue weighted by atomic mass is 10.1. The highest BCUT2D eigenvalue weighted by molar-refractivity contribution is 5.71. The van der Waals surface area contributed by atoms with Crippen molar-refractivity contribution in [3.63, 3.8) is 0 Å². The van der Waals surface area contributed by atoms with Crippen LogP contribution in [-0.2, 0) is 25.6 Å². The van der Waals surface area contributed by atoms with Gasteiger partial charge in [0.25, 0.3) is 0 Å². The van der Waals surface area contributed by atoms with Crippen LogP contribution < -0.4 is 0 Å². The lowest BCUT2D eigenvalue weighted by Gasteiger charge is -2.21. The first-order valence-electron chi connectivity index (χ1n) is 7.50. The molecule has 1 atom stereocenters. The minimum atomic E-state index is -0.815. The summed E-state index contributed by atoms with van der Waals surface area (Å²) in [5, 5.41) is 0. The topological polar surface area (TPSA) is 61.8 Å². The van der Waals surface area contributed by atoms with Gasteiger partial charge in [0.1, 0.15) is 18.3 Å². The summed E-state index contributed by atoms with van der Waals surface area (Å²) < 4.78 is 15.4. The zero-order chi connectivity index (χ0) is 17.3. The van der Waals surface area contributed by atoms with Crippen LogP contribution in [0.25, 0.3) is 0 Å². The van der Waals surface area contributed by atoms with Crippen LogP contribution in [0.4, 0.5) is 4.79 Å². The molecule has 1 aromatic carbocycles.